The second-order valence-electron chi connectivity index (χ2n) is 7.36. The molecular weight excluding hydrogens is 390 g/mol. The van der Waals surface area contributed by atoms with Gasteiger partial charge in [-0.2, -0.15) is 0 Å². The minimum atomic E-state index is -0.181. The molecular formula is C22H26ClN3O3. The molecule has 0 fully saturated rings. The summed E-state index contributed by atoms with van der Waals surface area (Å²) in [6.45, 7) is 5.07. The summed E-state index contributed by atoms with van der Waals surface area (Å²) in [6, 6.07) is 12.1. The van der Waals surface area contributed by atoms with Crippen molar-refractivity contribution in [3.63, 3.8) is 0 Å². The minimum Gasteiger partial charge on any atom is -0.486 e. The number of benzene rings is 2. The summed E-state index contributed by atoms with van der Waals surface area (Å²) < 4.78 is 11.1. The third-order valence-electron chi connectivity index (χ3n) is 5.26. The highest BCUT2D eigenvalue weighted by Crippen LogP contribution is 2.38. The van der Waals surface area contributed by atoms with Crippen LogP contribution in [0.2, 0.25) is 5.02 Å². The van der Waals surface area contributed by atoms with Crippen molar-refractivity contribution in [2.24, 2.45) is 0 Å². The van der Waals surface area contributed by atoms with Gasteiger partial charge in [0.25, 0.3) is 0 Å². The monoisotopic (exact) mass is 415 g/mol. The van der Waals surface area contributed by atoms with E-state index in [1.807, 2.05) is 6.07 Å². The SMILES string of the molecule is O=C(NCCCN1CCc2ccccc2C1)NCc1cc(Cl)c2c(c1)OCCO2. The molecule has 0 aromatic heterocycles. The van der Waals surface area contributed by atoms with Crippen LogP contribution in [-0.2, 0) is 19.5 Å². The first kappa shape index (κ1) is 19.9. The topological polar surface area (TPSA) is 62.8 Å². The van der Waals surface area contributed by atoms with Gasteiger partial charge in [-0.3, -0.25) is 4.90 Å². The molecule has 0 aliphatic carbocycles. The third kappa shape index (κ3) is 5.14. The Kier molecular flexibility index (Phi) is 6.42. The zero-order chi connectivity index (χ0) is 20.1. The molecule has 0 spiro atoms. The van der Waals surface area contributed by atoms with Crippen LogP contribution in [0, 0.1) is 0 Å². The Morgan fingerprint density at radius 3 is 2.83 bits per heavy atom. The molecule has 29 heavy (non-hydrogen) atoms. The lowest BCUT2D eigenvalue weighted by molar-refractivity contribution is 0.171. The lowest BCUT2D eigenvalue weighted by Crippen LogP contribution is -2.37. The highest BCUT2D eigenvalue weighted by atomic mass is 35.5. The number of ether oxygens (including phenoxy) is 2. The summed E-state index contributed by atoms with van der Waals surface area (Å²) >= 11 is 6.23. The molecule has 2 aromatic carbocycles. The van der Waals surface area contributed by atoms with Crippen LogP contribution in [0.5, 0.6) is 11.5 Å². The van der Waals surface area contributed by atoms with Crippen LogP contribution in [0.15, 0.2) is 36.4 Å². The first-order valence-corrected chi connectivity index (χ1v) is 10.5. The number of nitrogens with zero attached hydrogens (tertiary/aromatic N) is 1. The molecule has 4 rings (SSSR count). The smallest absolute Gasteiger partial charge is 0.315 e. The van der Waals surface area contributed by atoms with E-state index in [0.29, 0.717) is 42.8 Å². The zero-order valence-corrected chi connectivity index (χ0v) is 17.1. The van der Waals surface area contributed by atoms with Crippen molar-refractivity contribution < 1.29 is 14.3 Å². The predicted molar refractivity (Wildman–Crippen MR) is 113 cm³/mol. The number of hydrogen-bond acceptors (Lipinski definition) is 4. The maximum absolute atomic E-state index is 12.1. The second-order valence-corrected chi connectivity index (χ2v) is 7.77. The fourth-order valence-corrected chi connectivity index (χ4v) is 4.05. The Morgan fingerprint density at radius 1 is 1.10 bits per heavy atom. The number of halogens is 1. The Morgan fingerprint density at radius 2 is 1.93 bits per heavy atom. The van der Waals surface area contributed by atoms with Gasteiger partial charge in [-0.25, -0.2) is 4.79 Å². The highest BCUT2D eigenvalue weighted by molar-refractivity contribution is 6.32. The Hall–Kier alpha value is -2.44. The number of carbonyl (C=O) groups is 1. The van der Waals surface area contributed by atoms with E-state index in [2.05, 4.69) is 39.8 Å². The lowest BCUT2D eigenvalue weighted by atomic mass is 10.00. The molecule has 0 radical (unpaired) electrons. The summed E-state index contributed by atoms with van der Waals surface area (Å²) in [6.07, 6.45) is 2.02. The van der Waals surface area contributed by atoms with E-state index < -0.39 is 0 Å². The van der Waals surface area contributed by atoms with Gasteiger partial charge in [-0.1, -0.05) is 35.9 Å². The molecule has 2 amide bonds. The summed E-state index contributed by atoms with van der Waals surface area (Å²) in [4.78, 5) is 14.5. The van der Waals surface area contributed by atoms with Crippen LogP contribution in [-0.4, -0.2) is 43.8 Å². The van der Waals surface area contributed by atoms with E-state index in [0.717, 1.165) is 38.0 Å². The zero-order valence-electron chi connectivity index (χ0n) is 16.4. The molecule has 0 saturated heterocycles. The van der Waals surface area contributed by atoms with Gasteiger partial charge in [0, 0.05) is 32.7 Å². The van der Waals surface area contributed by atoms with E-state index in [4.69, 9.17) is 21.1 Å². The van der Waals surface area contributed by atoms with Crippen LogP contribution in [0.4, 0.5) is 4.79 Å². The summed E-state index contributed by atoms with van der Waals surface area (Å²) in [5.41, 5.74) is 3.75. The molecule has 2 aliphatic rings. The number of amides is 2. The fourth-order valence-electron chi connectivity index (χ4n) is 3.76. The largest absolute Gasteiger partial charge is 0.486 e. The van der Waals surface area contributed by atoms with Gasteiger partial charge < -0.3 is 20.1 Å². The number of fused-ring (bicyclic) bond motifs is 2. The lowest BCUT2D eigenvalue weighted by Gasteiger charge is -2.28. The molecule has 7 heteroatoms. The predicted octanol–water partition coefficient (Wildman–Crippen LogP) is 3.36. The molecule has 0 bridgehead atoms. The average molecular weight is 416 g/mol. The van der Waals surface area contributed by atoms with E-state index in [-0.39, 0.29) is 6.03 Å². The van der Waals surface area contributed by atoms with Crippen molar-refractivity contribution in [2.75, 3.05) is 32.8 Å². The average Bonchev–Trinajstić information content (AvgIpc) is 2.75. The standard InChI is InChI=1S/C22H26ClN3O3/c23-19-12-16(13-20-21(19)29-11-10-28-20)14-25-22(27)24-7-3-8-26-9-6-17-4-1-2-5-18(17)15-26/h1-2,4-5,12-13H,3,6-11,14-15H2,(H2,24,25,27). The third-order valence-corrected chi connectivity index (χ3v) is 5.54. The van der Waals surface area contributed by atoms with E-state index in [1.54, 1.807) is 6.07 Å². The van der Waals surface area contributed by atoms with Crippen LogP contribution < -0.4 is 20.1 Å². The van der Waals surface area contributed by atoms with Crippen molar-refractivity contribution in [1.82, 2.24) is 15.5 Å². The molecule has 0 atom stereocenters. The van der Waals surface area contributed by atoms with Crippen molar-refractivity contribution >= 4 is 17.6 Å². The van der Waals surface area contributed by atoms with Gasteiger partial charge in [0.05, 0.1) is 5.02 Å². The van der Waals surface area contributed by atoms with Crippen LogP contribution in [0.3, 0.4) is 0 Å². The Bertz CT molecular complexity index is 874. The molecule has 2 aromatic rings. The van der Waals surface area contributed by atoms with Crippen LogP contribution >= 0.6 is 11.6 Å². The highest BCUT2D eigenvalue weighted by Gasteiger charge is 2.17. The Balaban J connectivity index is 1.16. The van der Waals surface area contributed by atoms with Crippen LogP contribution in [0.25, 0.3) is 0 Å². The van der Waals surface area contributed by atoms with Crippen molar-refractivity contribution in [3.8, 4) is 11.5 Å². The molecule has 2 N–H and O–H groups in total. The molecule has 0 unspecified atom stereocenters. The van der Waals surface area contributed by atoms with E-state index in [9.17, 15) is 4.79 Å². The number of urea groups is 1. The quantitative estimate of drug-likeness (QED) is 0.710. The second kappa shape index (κ2) is 9.37. The molecule has 2 heterocycles. The van der Waals surface area contributed by atoms with Crippen molar-refractivity contribution in [2.45, 2.75) is 25.9 Å². The van der Waals surface area contributed by atoms with Gasteiger partial charge in [0.15, 0.2) is 11.5 Å². The summed E-state index contributed by atoms with van der Waals surface area (Å²) in [7, 11) is 0. The van der Waals surface area contributed by atoms with Crippen molar-refractivity contribution in [3.05, 3.63) is 58.1 Å². The maximum Gasteiger partial charge on any atom is 0.315 e. The van der Waals surface area contributed by atoms with Gasteiger partial charge in [0.1, 0.15) is 13.2 Å². The molecule has 154 valence electrons. The first-order chi connectivity index (χ1) is 14.2. The van der Waals surface area contributed by atoms with Gasteiger partial charge >= 0.3 is 6.03 Å². The number of nitrogens with one attached hydrogen (secondary N) is 2. The normalized spacial score (nSPS) is 15.5. The number of rotatable bonds is 6. The Labute approximate surface area is 176 Å². The number of carbonyl (C=O) groups excluding carboxylic acids is 1. The first-order valence-electron chi connectivity index (χ1n) is 10.1. The fraction of sp³-hybridized carbons (Fsp3) is 0.409. The van der Waals surface area contributed by atoms with Gasteiger partial charge in [0.2, 0.25) is 0 Å². The molecule has 2 aliphatic heterocycles. The van der Waals surface area contributed by atoms with E-state index in [1.165, 1.54) is 11.1 Å². The minimum absolute atomic E-state index is 0.181. The molecule has 0 saturated carbocycles. The maximum atomic E-state index is 12.1. The number of hydrogen-bond donors (Lipinski definition) is 2. The van der Waals surface area contributed by atoms with Gasteiger partial charge in [-0.15, -0.1) is 0 Å². The van der Waals surface area contributed by atoms with Crippen LogP contribution in [0.1, 0.15) is 23.1 Å². The van der Waals surface area contributed by atoms with E-state index >= 15 is 0 Å². The summed E-state index contributed by atoms with van der Waals surface area (Å²) in [5, 5.41) is 6.29. The summed E-state index contributed by atoms with van der Waals surface area (Å²) in [5.74, 6) is 1.20. The molecule has 6 nitrogen and oxygen atoms in total. The van der Waals surface area contributed by atoms with Crippen molar-refractivity contribution in [1.29, 1.82) is 0 Å². The van der Waals surface area contributed by atoms with Gasteiger partial charge in [-0.05, 0) is 41.7 Å².